The van der Waals surface area contributed by atoms with E-state index in [9.17, 15) is 8.42 Å². The van der Waals surface area contributed by atoms with Gasteiger partial charge in [0.15, 0.2) is 0 Å². The molecule has 2 rings (SSSR count). The van der Waals surface area contributed by atoms with E-state index in [2.05, 4.69) is 20.7 Å². The van der Waals surface area contributed by atoms with Crippen LogP contribution in [0.1, 0.15) is 5.56 Å². The fourth-order valence-electron chi connectivity index (χ4n) is 1.74. The van der Waals surface area contributed by atoms with Gasteiger partial charge in [-0.25, -0.2) is 8.42 Å². The molecule has 0 aromatic heterocycles. The van der Waals surface area contributed by atoms with Crippen molar-refractivity contribution in [1.29, 1.82) is 0 Å². The smallest absolute Gasteiger partial charge is 0.262 e. The SMILES string of the molecule is Cc1c(N)cc(Cl)cc1S(=O)(=O)Nc1cccc(Cl)c1Br. The number of sulfonamides is 1. The molecule has 0 aliphatic carbocycles. The highest BCUT2D eigenvalue weighted by molar-refractivity contribution is 9.10. The molecule has 0 aliphatic heterocycles. The molecule has 0 unspecified atom stereocenters. The first-order chi connectivity index (χ1) is 9.72. The Morgan fingerprint density at radius 2 is 1.90 bits per heavy atom. The predicted molar refractivity (Wildman–Crippen MR) is 90.6 cm³/mol. The van der Waals surface area contributed by atoms with Gasteiger partial charge in [0.1, 0.15) is 0 Å². The van der Waals surface area contributed by atoms with E-state index in [4.69, 9.17) is 28.9 Å². The molecule has 4 nitrogen and oxygen atoms in total. The fourth-order valence-corrected chi connectivity index (χ4v) is 4.07. The molecule has 0 atom stereocenters. The van der Waals surface area contributed by atoms with Gasteiger partial charge >= 0.3 is 0 Å². The van der Waals surface area contributed by atoms with E-state index in [1.165, 1.54) is 12.1 Å². The molecule has 112 valence electrons. The minimum Gasteiger partial charge on any atom is -0.398 e. The molecule has 0 radical (unpaired) electrons. The summed E-state index contributed by atoms with van der Waals surface area (Å²) >= 11 is 15.1. The second-order valence-corrected chi connectivity index (χ2v) is 7.61. The lowest BCUT2D eigenvalue weighted by Gasteiger charge is -2.14. The first-order valence-electron chi connectivity index (χ1n) is 5.75. The monoisotopic (exact) mass is 408 g/mol. The van der Waals surface area contributed by atoms with Crippen molar-refractivity contribution in [2.24, 2.45) is 0 Å². The van der Waals surface area contributed by atoms with Gasteiger partial charge in [0.2, 0.25) is 0 Å². The maximum atomic E-state index is 12.5. The van der Waals surface area contributed by atoms with E-state index >= 15 is 0 Å². The predicted octanol–water partition coefficient (Wildman–Crippen LogP) is 4.45. The van der Waals surface area contributed by atoms with Crippen LogP contribution in [0.4, 0.5) is 11.4 Å². The van der Waals surface area contributed by atoms with Gasteiger partial charge in [-0.1, -0.05) is 29.3 Å². The molecule has 0 saturated heterocycles. The highest BCUT2D eigenvalue weighted by Gasteiger charge is 2.20. The zero-order valence-corrected chi connectivity index (χ0v) is 14.7. The van der Waals surface area contributed by atoms with Crippen molar-refractivity contribution >= 4 is 60.5 Å². The van der Waals surface area contributed by atoms with E-state index in [0.29, 0.717) is 26.4 Å². The number of halogens is 3. The lowest BCUT2D eigenvalue weighted by Crippen LogP contribution is -2.15. The van der Waals surface area contributed by atoms with Gasteiger partial charge in [-0.15, -0.1) is 0 Å². The Hall–Kier alpha value is -0.950. The molecular formula is C13H11BrCl2N2O2S. The number of nitrogen functional groups attached to an aromatic ring is 1. The highest BCUT2D eigenvalue weighted by atomic mass is 79.9. The van der Waals surface area contributed by atoms with Crippen LogP contribution < -0.4 is 10.5 Å². The third-order valence-electron chi connectivity index (χ3n) is 2.85. The standard InChI is InChI=1S/C13H11BrCl2N2O2S/c1-7-10(17)5-8(15)6-12(7)21(19,20)18-11-4-2-3-9(16)13(11)14/h2-6,18H,17H2,1H3. The number of benzene rings is 2. The molecule has 3 N–H and O–H groups in total. The number of nitrogens with one attached hydrogen (secondary N) is 1. The molecule has 0 fully saturated rings. The minimum absolute atomic E-state index is 0.0272. The van der Waals surface area contributed by atoms with Gasteiger partial charge in [0.25, 0.3) is 10.0 Å². The summed E-state index contributed by atoms with van der Waals surface area (Å²) in [6.45, 7) is 1.62. The first-order valence-corrected chi connectivity index (χ1v) is 8.78. The van der Waals surface area contributed by atoms with E-state index in [0.717, 1.165) is 0 Å². The van der Waals surface area contributed by atoms with E-state index in [1.54, 1.807) is 25.1 Å². The van der Waals surface area contributed by atoms with Crippen LogP contribution in [-0.4, -0.2) is 8.42 Å². The van der Waals surface area contributed by atoms with Gasteiger partial charge in [0, 0.05) is 10.7 Å². The Morgan fingerprint density at radius 1 is 1.24 bits per heavy atom. The fraction of sp³-hybridized carbons (Fsp3) is 0.0769. The quantitative estimate of drug-likeness (QED) is 0.735. The summed E-state index contributed by atoms with van der Waals surface area (Å²) in [7, 11) is -3.83. The second kappa shape index (κ2) is 6.04. The molecule has 0 aliphatic rings. The third-order valence-corrected chi connectivity index (χ3v) is 5.96. The van der Waals surface area contributed by atoms with Gasteiger partial charge < -0.3 is 5.73 Å². The maximum absolute atomic E-state index is 12.5. The van der Waals surface area contributed by atoms with Crippen LogP contribution in [0.5, 0.6) is 0 Å². The van der Waals surface area contributed by atoms with Crippen molar-refractivity contribution in [2.45, 2.75) is 11.8 Å². The second-order valence-electron chi connectivity index (χ2n) is 4.33. The van der Waals surface area contributed by atoms with Crippen molar-refractivity contribution in [3.63, 3.8) is 0 Å². The summed E-state index contributed by atoms with van der Waals surface area (Å²) in [5.74, 6) is 0. The van der Waals surface area contributed by atoms with Crippen LogP contribution in [0.3, 0.4) is 0 Å². The van der Waals surface area contributed by atoms with Crippen LogP contribution in [0.2, 0.25) is 10.0 Å². The number of anilines is 2. The van der Waals surface area contributed by atoms with Gasteiger partial charge in [-0.05, 0) is 52.7 Å². The third kappa shape index (κ3) is 3.45. The summed E-state index contributed by atoms with van der Waals surface area (Å²) < 4.78 is 27.9. The van der Waals surface area contributed by atoms with Crippen LogP contribution >= 0.6 is 39.1 Å². The zero-order chi connectivity index (χ0) is 15.8. The van der Waals surface area contributed by atoms with Crippen molar-refractivity contribution in [2.75, 3.05) is 10.5 Å². The molecule has 2 aromatic carbocycles. The molecular weight excluding hydrogens is 399 g/mol. The van der Waals surface area contributed by atoms with Gasteiger partial charge in [-0.2, -0.15) is 0 Å². The zero-order valence-electron chi connectivity index (χ0n) is 10.8. The summed E-state index contributed by atoms with van der Waals surface area (Å²) in [4.78, 5) is 0.0272. The first kappa shape index (κ1) is 16.4. The maximum Gasteiger partial charge on any atom is 0.262 e. The molecule has 0 spiro atoms. The van der Waals surface area contributed by atoms with Crippen molar-refractivity contribution in [3.8, 4) is 0 Å². The van der Waals surface area contributed by atoms with Crippen molar-refractivity contribution in [1.82, 2.24) is 0 Å². The molecule has 0 heterocycles. The number of nitrogens with two attached hydrogens (primary N) is 1. The van der Waals surface area contributed by atoms with Gasteiger partial charge in [-0.3, -0.25) is 4.72 Å². The Kier molecular flexibility index (Phi) is 4.72. The number of hydrogen-bond donors (Lipinski definition) is 2. The molecule has 0 amide bonds. The lowest BCUT2D eigenvalue weighted by atomic mass is 10.2. The Bertz CT molecular complexity index is 810. The summed E-state index contributed by atoms with van der Waals surface area (Å²) in [6, 6.07) is 7.74. The molecule has 8 heteroatoms. The van der Waals surface area contributed by atoms with Gasteiger partial charge in [0.05, 0.1) is 20.1 Å². The molecule has 21 heavy (non-hydrogen) atoms. The lowest BCUT2D eigenvalue weighted by molar-refractivity contribution is 0.600. The number of hydrogen-bond acceptors (Lipinski definition) is 3. The Balaban J connectivity index is 2.51. The van der Waals surface area contributed by atoms with Crippen LogP contribution in [0.15, 0.2) is 39.7 Å². The van der Waals surface area contributed by atoms with Crippen molar-refractivity contribution < 1.29 is 8.42 Å². The molecule has 0 saturated carbocycles. The van der Waals surface area contributed by atoms with Crippen molar-refractivity contribution in [3.05, 3.63) is 50.4 Å². The normalized spacial score (nSPS) is 11.4. The van der Waals surface area contributed by atoms with E-state index < -0.39 is 10.0 Å². The van der Waals surface area contributed by atoms with Crippen LogP contribution in [-0.2, 0) is 10.0 Å². The van der Waals surface area contributed by atoms with Crippen LogP contribution in [0, 0.1) is 6.92 Å². The van der Waals surface area contributed by atoms with E-state index in [1.807, 2.05) is 0 Å². The summed E-state index contributed by atoms with van der Waals surface area (Å²) in [5.41, 5.74) is 6.84. The minimum atomic E-state index is -3.83. The summed E-state index contributed by atoms with van der Waals surface area (Å²) in [5, 5.41) is 0.654. The largest absolute Gasteiger partial charge is 0.398 e. The number of rotatable bonds is 3. The topological polar surface area (TPSA) is 72.2 Å². The average molecular weight is 410 g/mol. The Labute approximate surface area is 141 Å². The Morgan fingerprint density at radius 3 is 2.57 bits per heavy atom. The van der Waals surface area contributed by atoms with Crippen LogP contribution in [0.25, 0.3) is 0 Å². The molecule has 0 bridgehead atoms. The molecule has 2 aromatic rings. The average Bonchev–Trinajstić information content (AvgIpc) is 2.39. The summed E-state index contributed by atoms with van der Waals surface area (Å²) in [6.07, 6.45) is 0. The highest BCUT2D eigenvalue weighted by Crippen LogP contribution is 2.33. The van der Waals surface area contributed by atoms with E-state index in [-0.39, 0.29) is 9.92 Å².